The fraction of sp³-hybridized carbons (Fsp3) is 0.700. The van der Waals surface area contributed by atoms with E-state index < -0.39 is 0 Å². The zero-order valence-corrected chi connectivity index (χ0v) is 7.43. The molecule has 2 heteroatoms. The standard InChI is InChI=1S/C10H14O2/c1-7-3-4-8-5-9(11)12-6-10(7,8)2/h8H,1,3-6H2,2H3/t8-,10-/m1/s1. The molecule has 2 rings (SSSR count). The lowest BCUT2D eigenvalue weighted by Gasteiger charge is -2.35. The van der Waals surface area contributed by atoms with Crippen molar-refractivity contribution in [2.24, 2.45) is 11.3 Å². The number of carbonyl (C=O) groups is 1. The molecule has 0 bridgehead atoms. The SMILES string of the molecule is C=C1CC[C@@H]2CC(=O)OC[C@]12C. The molecule has 2 nitrogen and oxygen atoms in total. The second-order valence-corrected chi connectivity index (χ2v) is 4.12. The molecular formula is C10H14O2. The summed E-state index contributed by atoms with van der Waals surface area (Å²) in [5.74, 6) is 0.457. The molecular weight excluding hydrogens is 152 g/mol. The Bertz CT molecular complexity index is 244. The topological polar surface area (TPSA) is 26.3 Å². The van der Waals surface area contributed by atoms with Crippen molar-refractivity contribution in [1.82, 2.24) is 0 Å². The van der Waals surface area contributed by atoms with Crippen LogP contribution in [0.1, 0.15) is 26.2 Å². The Hall–Kier alpha value is -0.790. The Labute approximate surface area is 72.6 Å². The molecule has 0 unspecified atom stereocenters. The van der Waals surface area contributed by atoms with Gasteiger partial charge in [0.2, 0.25) is 0 Å². The first-order valence-electron chi connectivity index (χ1n) is 4.47. The third-order valence-electron chi connectivity index (χ3n) is 3.45. The summed E-state index contributed by atoms with van der Waals surface area (Å²) >= 11 is 0. The second-order valence-electron chi connectivity index (χ2n) is 4.12. The van der Waals surface area contributed by atoms with E-state index in [1.807, 2.05) is 0 Å². The van der Waals surface area contributed by atoms with Crippen LogP contribution in [0, 0.1) is 11.3 Å². The predicted molar refractivity (Wildman–Crippen MR) is 45.5 cm³/mol. The van der Waals surface area contributed by atoms with Gasteiger partial charge < -0.3 is 4.74 Å². The van der Waals surface area contributed by atoms with Crippen molar-refractivity contribution >= 4 is 5.97 Å². The van der Waals surface area contributed by atoms with Gasteiger partial charge in [0.1, 0.15) is 6.61 Å². The minimum absolute atomic E-state index is 0.0350. The molecule has 1 saturated heterocycles. The molecule has 2 atom stereocenters. The number of hydrogen-bond donors (Lipinski definition) is 0. The number of rotatable bonds is 0. The van der Waals surface area contributed by atoms with Crippen LogP contribution in [0.25, 0.3) is 0 Å². The highest BCUT2D eigenvalue weighted by Crippen LogP contribution is 2.50. The van der Waals surface area contributed by atoms with Gasteiger partial charge in [-0.15, -0.1) is 0 Å². The van der Waals surface area contributed by atoms with E-state index in [9.17, 15) is 4.79 Å². The van der Waals surface area contributed by atoms with Gasteiger partial charge in [-0.3, -0.25) is 4.79 Å². The van der Waals surface area contributed by atoms with Crippen molar-refractivity contribution in [2.45, 2.75) is 26.2 Å². The van der Waals surface area contributed by atoms with E-state index in [1.54, 1.807) is 0 Å². The minimum Gasteiger partial charge on any atom is -0.465 e. The molecule has 0 spiro atoms. The van der Waals surface area contributed by atoms with E-state index in [4.69, 9.17) is 4.74 Å². The van der Waals surface area contributed by atoms with Crippen molar-refractivity contribution in [1.29, 1.82) is 0 Å². The lowest BCUT2D eigenvalue weighted by atomic mass is 9.75. The van der Waals surface area contributed by atoms with Crippen LogP contribution in [0.2, 0.25) is 0 Å². The summed E-state index contributed by atoms with van der Waals surface area (Å²) in [6.45, 7) is 6.76. The second kappa shape index (κ2) is 2.35. The summed E-state index contributed by atoms with van der Waals surface area (Å²) in [5, 5.41) is 0. The molecule has 0 aromatic heterocycles. The molecule has 1 aliphatic heterocycles. The van der Waals surface area contributed by atoms with Crippen LogP contribution in [0.4, 0.5) is 0 Å². The third-order valence-corrected chi connectivity index (χ3v) is 3.45. The highest BCUT2D eigenvalue weighted by Gasteiger charge is 2.46. The summed E-state index contributed by atoms with van der Waals surface area (Å²) in [6.07, 6.45) is 2.78. The maximum absolute atomic E-state index is 11.0. The first kappa shape index (κ1) is 7.84. The summed E-state index contributed by atoms with van der Waals surface area (Å²) in [7, 11) is 0. The van der Waals surface area contributed by atoms with Gasteiger partial charge in [0.15, 0.2) is 0 Å². The van der Waals surface area contributed by atoms with Crippen LogP contribution in [-0.4, -0.2) is 12.6 Å². The smallest absolute Gasteiger partial charge is 0.306 e. The third kappa shape index (κ3) is 0.904. The number of fused-ring (bicyclic) bond motifs is 1. The Morgan fingerprint density at radius 2 is 2.42 bits per heavy atom. The van der Waals surface area contributed by atoms with E-state index in [-0.39, 0.29) is 11.4 Å². The van der Waals surface area contributed by atoms with Crippen molar-refractivity contribution in [2.75, 3.05) is 6.61 Å². The molecule has 12 heavy (non-hydrogen) atoms. The average Bonchev–Trinajstić information content (AvgIpc) is 2.31. The maximum Gasteiger partial charge on any atom is 0.306 e. The first-order valence-corrected chi connectivity index (χ1v) is 4.47. The Kier molecular flexibility index (Phi) is 1.53. The molecule has 0 amide bonds. The molecule has 1 saturated carbocycles. The van der Waals surface area contributed by atoms with Gasteiger partial charge >= 0.3 is 5.97 Å². The van der Waals surface area contributed by atoms with Crippen molar-refractivity contribution in [3.63, 3.8) is 0 Å². The monoisotopic (exact) mass is 166 g/mol. The van der Waals surface area contributed by atoms with E-state index in [0.29, 0.717) is 18.9 Å². The highest BCUT2D eigenvalue weighted by molar-refractivity contribution is 5.71. The fourth-order valence-corrected chi connectivity index (χ4v) is 2.28. The molecule has 0 N–H and O–H groups in total. The summed E-state index contributed by atoms with van der Waals surface area (Å²) < 4.78 is 5.07. The Morgan fingerprint density at radius 3 is 3.17 bits per heavy atom. The van der Waals surface area contributed by atoms with Crippen LogP contribution >= 0.6 is 0 Å². The zero-order chi connectivity index (χ0) is 8.77. The molecule has 0 aromatic rings. The van der Waals surface area contributed by atoms with Gasteiger partial charge in [-0.05, 0) is 18.8 Å². The molecule has 2 aliphatic rings. The van der Waals surface area contributed by atoms with Crippen molar-refractivity contribution in [3.8, 4) is 0 Å². The number of hydrogen-bond acceptors (Lipinski definition) is 2. The van der Waals surface area contributed by atoms with Crippen LogP contribution in [-0.2, 0) is 9.53 Å². The van der Waals surface area contributed by atoms with Gasteiger partial charge in [0.05, 0.1) is 0 Å². The quantitative estimate of drug-likeness (QED) is 0.406. The first-order chi connectivity index (χ1) is 5.63. The van der Waals surface area contributed by atoms with Gasteiger partial charge in [-0.1, -0.05) is 19.1 Å². The van der Waals surface area contributed by atoms with E-state index in [2.05, 4.69) is 13.5 Å². The maximum atomic E-state index is 11.0. The number of carbonyl (C=O) groups excluding carboxylic acids is 1. The molecule has 1 aliphatic carbocycles. The predicted octanol–water partition coefficient (Wildman–Crippen LogP) is 1.91. The fourth-order valence-electron chi connectivity index (χ4n) is 2.28. The average molecular weight is 166 g/mol. The molecule has 0 aromatic carbocycles. The van der Waals surface area contributed by atoms with Gasteiger partial charge in [0.25, 0.3) is 0 Å². The summed E-state index contributed by atoms with van der Waals surface area (Å²) in [4.78, 5) is 11.0. The normalized spacial score (nSPS) is 40.9. The van der Waals surface area contributed by atoms with Crippen molar-refractivity contribution < 1.29 is 9.53 Å². The van der Waals surface area contributed by atoms with Crippen LogP contribution in [0.15, 0.2) is 12.2 Å². The molecule has 0 radical (unpaired) electrons. The number of ether oxygens (including phenoxy) is 1. The largest absolute Gasteiger partial charge is 0.465 e. The number of esters is 1. The number of cyclic esters (lactones) is 1. The van der Waals surface area contributed by atoms with Crippen LogP contribution in [0.5, 0.6) is 0 Å². The lowest BCUT2D eigenvalue weighted by molar-refractivity contribution is -0.155. The molecule has 1 heterocycles. The molecule has 66 valence electrons. The minimum atomic E-state index is -0.0350. The van der Waals surface area contributed by atoms with Crippen LogP contribution < -0.4 is 0 Å². The molecule has 2 fully saturated rings. The van der Waals surface area contributed by atoms with Crippen molar-refractivity contribution in [3.05, 3.63) is 12.2 Å². The highest BCUT2D eigenvalue weighted by atomic mass is 16.5. The van der Waals surface area contributed by atoms with E-state index in [1.165, 1.54) is 5.57 Å². The van der Waals surface area contributed by atoms with Gasteiger partial charge in [-0.2, -0.15) is 0 Å². The zero-order valence-electron chi connectivity index (χ0n) is 7.43. The lowest BCUT2D eigenvalue weighted by Crippen LogP contribution is -2.36. The van der Waals surface area contributed by atoms with Gasteiger partial charge in [-0.25, -0.2) is 0 Å². The Balaban J connectivity index is 2.24. The van der Waals surface area contributed by atoms with Crippen LogP contribution in [0.3, 0.4) is 0 Å². The van der Waals surface area contributed by atoms with E-state index in [0.717, 1.165) is 12.8 Å². The summed E-state index contributed by atoms with van der Waals surface area (Å²) in [5.41, 5.74) is 1.36. The Morgan fingerprint density at radius 1 is 1.67 bits per heavy atom. The van der Waals surface area contributed by atoms with E-state index >= 15 is 0 Å². The van der Waals surface area contributed by atoms with Gasteiger partial charge in [0, 0.05) is 11.8 Å². The summed E-state index contributed by atoms with van der Waals surface area (Å²) in [6, 6.07) is 0.